The highest BCUT2D eigenvalue weighted by Gasteiger charge is 2.34. The first-order valence-electron chi connectivity index (χ1n) is 9.76. The molecule has 1 atom stereocenters. The number of carbonyl (C=O) groups is 2. The molecule has 1 aromatic heterocycles. The standard InChI is InChI=1S/C22H20ClN5O4/c1-11-3-4-13(9-16(11)23)24-20(30)15-10-17(29)26-19-18(15)21(31)28-22(27-19)25-12-5-7-14(32-2)8-6-12/h3-9,15H,10H2,1-2H3,(H,24,30)(H3,25,26,27,28,29,31)/t15-/m1/s1. The number of amides is 2. The number of methoxy groups -OCH3 is 1. The summed E-state index contributed by atoms with van der Waals surface area (Å²) in [5, 5.41) is 8.77. The number of fused-ring (bicyclic) bond motifs is 1. The summed E-state index contributed by atoms with van der Waals surface area (Å²) in [5.41, 5.74) is 1.57. The van der Waals surface area contributed by atoms with Crippen LogP contribution < -0.4 is 26.2 Å². The van der Waals surface area contributed by atoms with E-state index >= 15 is 0 Å². The summed E-state index contributed by atoms with van der Waals surface area (Å²) in [4.78, 5) is 44.9. The summed E-state index contributed by atoms with van der Waals surface area (Å²) in [6, 6.07) is 12.1. The zero-order valence-electron chi connectivity index (χ0n) is 17.3. The van der Waals surface area contributed by atoms with Crippen LogP contribution >= 0.6 is 11.6 Å². The third-order valence-corrected chi connectivity index (χ3v) is 5.47. The number of H-pyrrole nitrogens is 1. The summed E-state index contributed by atoms with van der Waals surface area (Å²) in [6.45, 7) is 1.85. The number of nitrogens with zero attached hydrogens (tertiary/aromatic N) is 1. The second-order valence-electron chi connectivity index (χ2n) is 7.29. The predicted molar refractivity (Wildman–Crippen MR) is 122 cm³/mol. The molecule has 0 spiro atoms. The zero-order chi connectivity index (χ0) is 22.8. The van der Waals surface area contributed by atoms with Gasteiger partial charge in [0.1, 0.15) is 11.6 Å². The van der Waals surface area contributed by atoms with Gasteiger partial charge in [0.05, 0.1) is 18.6 Å². The lowest BCUT2D eigenvalue weighted by Gasteiger charge is -2.23. The molecule has 0 fully saturated rings. The Kier molecular flexibility index (Phi) is 5.83. The number of aromatic amines is 1. The first-order valence-corrected chi connectivity index (χ1v) is 10.1. The van der Waals surface area contributed by atoms with E-state index in [0.717, 1.165) is 5.56 Å². The van der Waals surface area contributed by atoms with Crippen LogP contribution in [0, 0.1) is 6.92 Å². The second kappa shape index (κ2) is 8.72. The zero-order valence-corrected chi connectivity index (χ0v) is 18.0. The van der Waals surface area contributed by atoms with Gasteiger partial charge in [-0.3, -0.25) is 19.4 Å². The molecule has 0 aliphatic carbocycles. The van der Waals surface area contributed by atoms with Crippen LogP contribution in [0.1, 0.15) is 23.5 Å². The Morgan fingerprint density at radius 2 is 1.88 bits per heavy atom. The highest BCUT2D eigenvalue weighted by molar-refractivity contribution is 6.31. The third-order valence-electron chi connectivity index (χ3n) is 5.06. The maximum atomic E-state index is 12.9. The molecule has 4 N–H and O–H groups in total. The lowest BCUT2D eigenvalue weighted by molar-refractivity contribution is -0.123. The first kappa shape index (κ1) is 21.4. The molecule has 2 amide bonds. The fourth-order valence-corrected chi connectivity index (χ4v) is 3.55. The number of hydrogen-bond donors (Lipinski definition) is 4. The second-order valence-corrected chi connectivity index (χ2v) is 7.70. The molecule has 1 aliphatic rings. The van der Waals surface area contributed by atoms with Crippen molar-refractivity contribution in [2.75, 3.05) is 23.1 Å². The summed E-state index contributed by atoms with van der Waals surface area (Å²) < 4.78 is 5.12. The largest absolute Gasteiger partial charge is 0.497 e. The van der Waals surface area contributed by atoms with Crippen molar-refractivity contribution in [1.82, 2.24) is 9.97 Å². The Balaban J connectivity index is 1.61. The molecule has 9 nitrogen and oxygen atoms in total. The van der Waals surface area contributed by atoms with E-state index in [9.17, 15) is 14.4 Å². The number of benzene rings is 2. The maximum Gasteiger partial charge on any atom is 0.258 e. The van der Waals surface area contributed by atoms with Crippen LogP contribution in [0.4, 0.5) is 23.1 Å². The Morgan fingerprint density at radius 3 is 2.56 bits per heavy atom. The molecule has 2 aromatic carbocycles. The monoisotopic (exact) mass is 453 g/mol. The first-order chi connectivity index (χ1) is 15.3. The van der Waals surface area contributed by atoms with Crippen LogP contribution in [-0.2, 0) is 9.59 Å². The van der Waals surface area contributed by atoms with E-state index in [1.165, 1.54) is 0 Å². The van der Waals surface area contributed by atoms with Gasteiger partial charge in [0.25, 0.3) is 5.56 Å². The molecule has 0 bridgehead atoms. The van der Waals surface area contributed by atoms with Crippen molar-refractivity contribution in [1.29, 1.82) is 0 Å². The maximum absolute atomic E-state index is 12.9. The normalized spacial score (nSPS) is 14.8. The van der Waals surface area contributed by atoms with Gasteiger partial charge in [-0.15, -0.1) is 0 Å². The molecule has 2 heterocycles. The molecule has 0 unspecified atom stereocenters. The molecule has 0 radical (unpaired) electrons. The summed E-state index contributed by atoms with van der Waals surface area (Å²) in [6.07, 6.45) is -0.172. The van der Waals surface area contributed by atoms with E-state index in [-0.39, 0.29) is 23.8 Å². The van der Waals surface area contributed by atoms with Crippen molar-refractivity contribution in [2.45, 2.75) is 19.3 Å². The van der Waals surface area contributed by atoms with Crippen LogP contribution in [-0.4, -0.2) is 28.9 Å². The highest BCUT2D eigenvalue weighted by Crippen LogP contribution is 2.31. The topological polar surface area (TPSA) is 125 Å². The summed E-state index contributed by atoms with van der Waals surface area (Å²) in [5.74, 6) is -1.05. The van der Waals surface area contributed by atoms with E-state index in [4.69, 9.17) is 16.3 Å². The van der Waals surface area contributed by atoms with E-state index < -0.39 is 23.3 Å². The van der Waals surface area contributed by atoms with E-state index in [2.05, 4.69) is 25.9 Å². The number of nitrogens with one attached hydrogen (secondary N) is 4. The lowest BCUT2D eigenvalue weighted by Crippen LogP contribution is -2.36. The van der Waals surface area contributed by atoms with Crippen LogP contribution in [0.15, 0.2) is 47.3 Å². The molecule has 4 rings (SSSR count). The predicted octanol–water partition coefficient (Wildman–Crippen LogP) is 3.55. The van der Waals surface area contributed by atoms with Crippen molar-refractivity contribution in [2.24, 2.45) is 0 Å². The molecule has 164 valence electrons. The van der Waals surface area contributed by atoms with Crippen LogP contribution in [0.2, 0.25) is 5.02 Å². The van der Waals surface area contributed by atoms with Crippen molar-refractivity contribution in [3.05, 3.63) is 69.0 Å². The van der Waals surface area contributed by atoms with Gasteiger partial charge in [0.15, 0.2) is 0 Å². The Hall–Kier alpha value is -3.85. The van der Waals surface area contributed by atoms with Gasteiger partial charge in [0, 0.05) is 22.8 Å². The minimum Gasteiger partial charge on any atom is -0.497 e. The summed E-state index contributed by atoms with van der Waals surface area (Å²) >= 11 is 6.12. The van der Waals surface area contributed by atoms with Gasteiger partial charge in [-0.1, -0.05) is 17.7 Å². The Labute approximate surface area is 188 Å². The minimum absolute atomic E-state index is 0.0445. The number of aryl methyl sites for hydroxylation is 1. The fraction of sp³-hybridized carbons (Fsp3) is 0.182. The van der Waals surface area contributed by atoms with E-state index in [0.29, 0.717) is 22.1 Å². The quantitative estimate of drug-likeness (QED) is 0.468. The van der Waals surface area contributed by atoms with Crippen LogP contribution in [0.5, 0.6) is 5.75 Å². The number of halogens is 1. The molecule has 32 heavy (non-hydrogen) atoms. The van der Waals surface area contributed by atoms with Crippen molar-refractivity contribution in [3.63, 3.8) is 0 Å². The van der Waals surface area contributed by atoms with Gasteiger partial charge in [-0.2, -0.15) is 4.98 Å². The molecular formula is C22H20ClN5O4. The number of anilines is 4. The summed E-state index contributed by atoms with van der Waals surface area (Å²) in [7, 11) is 1.56. The van der Waals surface area contributed by atoms with Crippen LogP contribution in [0.3, 0.4) is 0 Å². The van der Waals surface area contributed by atoms with Crippen molar-refractivity contribution >= 4 is 46.6 Å². The van der Waals surface area contributed by atoms with Crippen LogP contribution in [0.25, 0.3) is 0 Å². The average molecular weight is 454 g/mol. The number of ether oxygens (including phenoxy) is 1. The molecule has 1 aliphatic heterocycles. The number of rotatable bonds is 5. The molecule has 0 saturated carbocycles. The van der Waals surface area contributed by atoms with Gasteiger partial charge >= 0.3 is 0 Å². The SMILES string of the molecule is COc1ccc(Nc2nc3c(c(=O)[nH]2)[C@H](C(=O)Nc2ccc(C)c(Cl)c2)CC(=O)N3)cc1. The number of carbonyl (C=O) groups excluding carboxylic acids is 2. The lowest BCUT2D eigenvalue weighted by atomic mass is 9.92. The van der Waals surface area contributed by atoms with Crippen molar-refractivity contribution in [3.8, 4) is 5.75 Å². The minimum atomic E-state index is -0.995. The molecule has 0 saturated heterocycles. The third kappa shape index (κ3) is 4.42. The average Bonchev–Trinajstić information content (AvgIpc) is 2.76. The van der Waals surface area contributed by atoms with Gasteiger partial charge in [-0.05, 0) is 48.9 Å². The highest BCUT2D eigenvalue weighted by atomic mass is 35.5. The van der Waals surface area contributed by atoms with Gasteiger partial charge in [0.2, 0.25) is 17.8 Å². The smallest absolute Gasteiger partial charge is 0.258 e. The Bertz CT molecular complexity index is 1260. The molecular weight excluding hydrogens is 434 g/mol. The van der Waals surface area contributed by atoms with E-state index in [1.807, 2.05) is 6.92 Å². The van der Waals surface area contributed by atoms with Gasteiger partial charge in [-0.25, -0.2) is 0 Å². The van der Waals surface area contributed by atoms with Gasteiger partial charge < -0.3 is 20.7 Å². The molecule has 10 heteroatoms. The van der Waals surface area contributed by atoms with Crippen molar-refractivity contribution < 1.29 is 14.3 Å². The number of aromatic nitrogens is 2. The Morgan fingerprint density at radius 1 is 1.16 bits per heavy atom. The number of hydrogen-bond acceptors (Lipinski definition) is 6. The molecule has 3 aromatic rings. The van der Waals surface area contributed by atoms with E-state index in [1.54, 1.807) is 49.6 Å². The fourth-order valence-electron chi connectivity index (χ4n) is 3.37.